The lowest BCUT2D eigenvalue weighted by molar-refractivity contribution is -0.138. The first-order chi connectivity index (χ1) is 8.62. The van der Waals surface area contributed by atoms with E-state index in [1.54, 1.807) is 20.8 Å². The van der Waals surface area contributed by atoms with Crippen LogP contribution in [-0.4, -0.2) is 39.1 Å². The second-order valence-electron chi connectivity index (χ2n) is 5.12. The summed E-state index contributed by atoms with van der Waals surface area (Å²) in [6, 6.07) is 4.07. The van der Waals surface area contributed by atoms with Crippen LogP contribution in [0, 0.1) is 0 Å². The molecule has 6 heteroatoms. The minimum atomic E-state index is -1.12. The Hall–Kier alpha value is -1.75. The summed E-state index contributed by atoms with van der Waals surface area (Å²) in [5.74, 6) is -1.92. The molecular weight excluding hydrogens is 270 g/mol. The topological polar surface area (TPSA) is 77.8 Å². The number of carboxylic acid groups (broad SMARTS) is 1. The lowest BCUT2D eigenvalue weighted by Gasteiger charge is -2.34. The van der Waals surface area contributed by atoms with Gasteiger partial charge in [0.15, 0.2) is 0 Å². The van der Waals surface area contributed by atoms with Gasteiger partial charge in [-0.25, -0.2) is 0 Å². The van der Waals surface area contributed by atoms with Crippen molar-refractivity contribution < 1.29 is 19.8 Å². The molecule has 0 unspecified atom stereocenters. The number of phenols is 1. The van der Waals surface area contributed by atoms with Crippen LogP contribution in [0.5, 0.6) is 5.75 Å². The Morgan fingerprint density at radius 2 is 1.89 bits per heavy atom. The zero-order valence-corrected chi connectivity index (χ0v) is 11.7. The van der Waals surface area contributed by atoms with Crippen molar-refractivity contribution in [1.29, 1.82) is 0 Å². The Morgan fingerprint density at radius 3 is 2.37 bits per heavy atom. The van der Waals surface area contributed by atoms with Crippen LogP contribution in [0.3, 0.4) is 0 Å². The van der Waals surface area contributed by atoms with Crippen LogP contribution in [0.4, 0.5) is 0 Å². The standard InChI is InChI=1S/C13H16ClNO4/c1-13(2,3)15(7-11(17)18)12(19)9-6-8(14)4-5-10(9)16/h4-6,16H,7H2,1-3H3,(H,17,18). The molecule has 0 spiro atoms. The summed E-state index contributed by atoms with van der Waals surface area (Å²) < 4.78 is 0. The summed E-state index contributed by atoms with van der Waals surface area (Å²) in [6.45, 7) is 4.70. The zero-order valence-electron chi connectivity index (χ0n) is 11.0. The van der Waals surface area contributed by atoms with Crippen LogP contribution in [0.25, 0.3) is 0 Å². The molecule has 0 heterocycles. The van der Waals surface area contributed by atoms with E-state index in [0.717, 1.165) is 0 Å². The van der Waals surface area contributed by atoms with Crippen molar-refractivity contribution in [2.45, 2.75) is 26.3 Å². The van der Waals surface area contributed by atoms with E-state index in [1.165, 1.54) is 23.1 Å². The van der Waals surface area contributed by atoms with Gasteiger partial charge in [-0.1, -0.05) is 11.6 Å². The third kappa shape index (κ3) is 3.86. The van der Waals surface area contributed by atoms with E-state index in [2.05, 4.69) is 0 Å². The largest absolute Gasteiger partial charge is 0.507 e. The summed E-state index contributed by atoms with van der Waals surface area (Å²) >= 11 is 5.79. The quantitative estimate of drug-likeness (QED) is 0.894. The molecule has 0 radical (unpaired) electrons. The van der Waals surface area contributed by atoms with Gasteiger partial charge < -0.3 is 15.1 Å². The number of nitrogens with zero attached hydrogens (tertiary/aromatic N) is 1. The molecule has 0 atom stereocenters. The van der Waals surface area contributed by atoms with Crippen molar-refractivity contribution in [3.8, 4) is 5.75 Å². The van der Waals surface area contributed by atoms with Crippen LogP contribution in [0.15, 0.2) is 18.2 Å². The van der Waals surface area contributed by atoms with Crippen molar-refractivity contribution in [3.05, 3.63) is 28.8 Å². The molecule has 5 nitrogen and oxygen atoms in total. The highest BCUT2D eigenvalue weighted by Crippen LogP contribution is 2.25. The van der Waals surface area contributed by atoms with E-state index in [1.807, 2.05) is 0 Å². The van der Waals surface area contributed by atoms with E-state index in [0.29, 0.717) is 5.02 Å². The highest BCUT2D eigenvalue weighted by atomic mass is 35.5. The number of phenolic OH excluding ortho intramolecular Hbond substituents is 1. The molecule has 2 N–H and O–H groups in total. The fourth-order valence-electron chi connectivity index (χ4n) is 1.57. The molecule has 0 aliphatic carbocycles. The van der Waals surface area contributed by atoms with Gasteiger partial charge in [-0.3, -0.25) is 9.59 Å². The van der Waals surface area contributed by atoms with Crippen LogP contribution in [0.1, 0.15) is 31.1 Å². The predicted molar refractivity (Wildman–Crippen MR) is 71.5 cm³/mol. The predicted octanol–water partition coefficient (Wildman–Crippen LogP) is 2.37. The smallest absolute Gasteiger partial charge is 0.323 e. The molecular formula is C13H16ClNO4. The summed E-state index contributed by atoms with van der Waals surface area (Å²) in [4.78, 5) is 24.4. The van der Waals surface area contributed by atoms with Crippen molar-refractivity contribution in [1.82, 2.24) is 4.90 Å². The number of hydrogen-bond acceptors (Lipinski definition) is 3. The summed E-state index contributed by atoms with van der Waals surface area (Å²) in [5, 5.41) is 18.9. The molecule has 104 valence electrons. The van der Waals surface area contributed by atoms with Gasteiger partial charge in [0.2, 0.25) is 0 Å². The van der Waals surface area contributed by atoms with Gasteiger partial charge in [0.05, 0.1) is 5.56 Å². The maximum atomic E-state index is 12.3. The van der Waals surface area contributed by atoms with E-state index < -0.39 is 24.0 Å². The van der Waals surface area contributed by atoms with Crippen LogP contribution >= 0.6 is 11.6 Å². The van der Waals surface area contributed by atoms with E-state index in [9.17, 15) is 14.7 Å². The third-order valence-electron chi connectivity index (χ3n) is 2.54. The average molecular weight is 286 g/mol. The Kier molecular flexibility index (Phi) is 4.42. The van der Waals surface area contributed by atoms with Gasteiger partial charge in [0.1, 0.15) is 12.3 Å². The number of carboxylic acids is 1. The maximum Gasteiger partial charge on any atom is 0.323 e. The number of carbonyl (C=O) groups excluding carboxylic acids is 1. The van der Waals surface area contributed by atoms with Gasteiger partial charge in [-0.15, -0.1) is 0 Å². The fraction of sp³-hybridized carbons (Fsp3) is 0.385. The van der Waals surface area contributed by atoms with Gasteiger partial charge in [0, 0.05) is 10.6 Å². The molecule has 0 bridgehead atoms. The Labute approximate surface area is 116 Å². The number of benzene rings is 1. The van der Waals surface area contributed by atoms with Crippen LogP contribution < -0.4 is 0 Å². The number of amides is 1. The fourth-order valence-corrected chi connectivity index (χ4v) is 1.75. The van der Waals surface area contributed by atoms with E-state index in [4.69, 9.17) is 16.7 Å². The van der Waals surface area contributed by atoms with Crippen molar-refractivity contribution in [2.75, 3.05) is 6.54 Å². The number of halogens is 1. The Morgan fingerprint density at radius 1 is 1.32 bits per heavy atom. The number of rotatable bonds is 3. The minimum absolute atomic E-state index is 0.0105. The lowest BCUT2D eigenvalue weighted by Crippen LogP contribution is -2.48. The molecule has 1 rings (SSSR count). The molecule has 1 aromatic carbocycles. The SMILES string of the molecule is CC(C)(C)N(CC(=O)O)C(=O)c1cc(Cl)ccc1O. The number of carbonyl (C=O) groups is 2. The van der Waals surface area contributed by atoms with E-state index >= 15 is 0 Å². The monoisotopic (exact) mass is 285 g/mol. The maximum absolute atomic E-state index is 12.3. The van der Waals surface area contributed by atoms with E-state index in [-0.39, 0.29) is 11.3 Å². The van der Waals surface area contributed by atoms with Gasteiger partial charge in [-0.2, -0.15) is 0 Å². The summed E-state index contributed by atoms with van der Waals surface area (Å²) in [6.07, 6.45) is 0. The van der Waals surface area contributed by atoms with Crippen LogP contribution in [0.2, 0.25) is 5.02 Å². The average Bonchev–Trinajstić information content (AvgIpc) is 2.26. The molecule has 0 aliphatic heterocycles. The van der Waals surface area contributed by atoms with Gasteiger partial charge in [-0.05, 0) is 39.0 Å². The normalized spacial score (nSPS) is 11.2. The highest BCUT2D eigenvalue weighted by molar-refractivity contribution is 6.31. The number of aromatic hydroxyl groups is 1. The number of hydrogen-bond donors (Lipinski definition) is 2. The second-order valence-corrected chi connectivity index (χ2v) is 5.55. The second kappa shape index (κ2) is 5.48. The summed E-state index contributed by atoms with van der Waals surface area (Å²) in [5.41, 5.74) is -0.701. The van der Waals surface area contributed by atoms with Crippen LogP contribution in [-0.2, 0) is 4.79 Å². The molecule has 0 saturated carbocycles. The molecule has 19 heavy (non-hydrogen) atoms. The molecule has 1 aromatic rings. The van der Waals surface area contributed by atoms with Crippen molar-refractivity contribution >= 4 is 23.5 Å². The zero-order chi connectivity index (χ0) is 14.8. The first-order valence-corrected chi connectivity index (χ1v) is 6.03. The lowest BCUT2D eigenvalue weighted by atomic mass is 10.0. The number of aliphatic carboxylic acids is 1. The molecule has 0 aliphatic rings. The Balaban J connectivity index is 3.19. The van der Waals surface area contributed by atoms with Crippen molar-refractivity contribution in [2.24, 2.45) is 0 Å². The van der Waals surface area contributed by atoms with Crippen molar-refractivity contribution in [3.63, 3.8) is 0 Å². The Bertz CT molecular complexity index is 508. The minimum Gasteiger partial charge on any atom is -0.507 e. The summed E-state index contributed by atoms with van der Waals surface area (Å²) in [7, 11) is 0. The molecule has 0 fully saturated rings. The molecule has 0 saturated heterocycles. The van der Waals surface area contributed by atoms with Gasteiger partial charge >= 0.3 is 5.97 Å². The van der Waals surface area contributed by atoms with Gasteiger partial charge in [0.25, 0.3) is 5.91 Å². The first-order valence-electron chi connectivity index (χ1n) is 5.65. The molecule has 0 aromatic heterocycles. The first kappa shape index (κ1) is 15.3. The third-order valence-corrected chi connectivity index (χ3v) is 2.77. The highest BCUT2D eigenvalue weighted by Gasteiger charge is 2.30. The molecule has 1 amide bonds.